The van der Waals surface area contributed by atoms with Crippen LogP contribution in [0.2, 0.25) is 0 Å². The Kier molecular flexibility index (Phi) is 1.74. The van der Waals surface area contributed by atoms with Crippen LogP contribution < -0.4 is 0 Å². The zero-order chi connectivity index (χ0) is 9.26. The van der Waals surface area contributed by atoms with Gasteiger partial charge in [0.15, 0.2) is 0 Å². The molecule has 0 unspecified atom stereocenters. The minimum absolute atomic E-state index is 0.264. The van der Waals surface area contributed by atoms with E-state index in [1.54, 1.807) is 18.2 Å². The number of rotatable bonds is 1. The average Bonchev–Trinajstić information content (AvgIpc) is 2.18. The maximum atomic E-state index is 9.47. The van der Waals surface area contributed by atoms with Crippen LogP contribution in [0.25, 0.3) is 17.0 Å². The van der Waals surface area contributed by atoms with Crippen LogP contribution in [-0.4, -0.2) is 10.1 Å². The molecule has 1 N–H and O–H groups in total. The molecule has 0 saturated heterocycles. The lowest BCUT2D eigenvalue weighted by Crippen LogP contribution is -1.82. The van der Waals surface area contributed by atoms with Gasteiger partial charge in [-0.25, -0.2) is 4.98 Å². The molecule has 2 aromatic rings. The van der Waals surface area contributed by atoms with Crippen LogP contribution in [0.15, 0.2) is 36.9 Å². The van der Waals surface area contributed by atoms with Crippen LogP contribution in [0, 0.1) is 0 Å². The van der Waals surface area contributed by atoms with Crippen LogP contribution in [0.3, 0.4) is 0 Å². The highest BCUT2D eigenvalue weighted by molar-refractivity contribution is 5.85. The molecule has 0 aliphatic carbocycles. The fourth-order valence-electron chi connectivity index (χ4n) is 1.27. The minimum Gasteiger partial charge on any atom is -0.507 e. The van der Waals surface area contributed by atoms with E-state index in [1.165, 1.54) is 0 Å². The Bertz CT molecular complexity index is 463. The molecule has 0 aliphatic heterocycles. The van der Waals surface area contributed by atoms with E-state index in [-0.39, 0.29) is 5.75 Å². The summed E-state index contributed by atoms with van der Waals surface area (Å²) in [5.41, 5.74) is 1.61. The van der Waals surface area contributed by atoms with Crippen LogP contribution in [0.1, 0.15) is 5.69 Å². The molecule has 1 aromatic heterocycles. The second-order valence-electron chi connectivity index (χ2n) is 2.78. The predicted molar refractivity (Wildman–Crippen MR) is 53.5 cm³/mol. The number of pyridine rings is 1. The van der Waals surface area contributed by atoms with Crippen molar-refractivity contribution >= 4 is 17.0 Å². The summed E-state index contributed by atoms with van der Waals surface area (Å²) in [6, 6.07) is 8.96. The second kappa shape index (κ2) is 2.90. The van der Waals surface area contributed by atoms with Gasteiger partial charge in [-0.3, -0.25) is 0 Å². The molecule has 0 spiro atoms. The van der Waals surface area contributed by atoms with E-state index in [4.69, 9.17) is 0 Å². The third-order valence-electron chi connectivity index (χ3n) is 1.94. The second-order valence-corrected chi connectivity index (χ2v) is 2.78. The Morgan fingerprint density at radius 3 is 2.85 bits per heavy atom. The van der Waals surface area contributed by atoms with Crippen molar-refractivity contribution in [3.8, 4) is 5.75 Å². The van der Waals surface area contributed by atoms with Gasteiger partial charge in [-0.2, -0.15) is 0 Å². The number of hydrogen-bond acceptors (Lipinski definition) is 2. The number of aromatic hydroxyl groups is 1. The van der Waals surface area contributed by atoms with Gasteiger partial charge in [-0.05, 0) is 30.3 Å². The fourth-order valence-corrected chi connectivity index (χ4v) is 1.27. The van der Waals surface area contributed by atoms with E-state index in [9.17, 15) is 5.11 Å². The van der Waals surface area contributed by atoms with Gasteiger partial charge < -0.3 is 5.11 Å². The lowest BCUT2D eigenvalue weighted by molar-refractivity contribution is 0.481. The Morgan fingerprint density at radius 2 is 2.08 bits per heavy atom. The van der Waals surface area contributed by atoms with Crippen molar-refractivity contribution in [1.82, 2.24) is 4.98 Å². The van der Waals surface area contributed by atoms with E-state index in [0.717, 1.165) is 16.6 Å². The first-order valence-electron chi connectivity index (χ1n) is 4.02. The molecule has 0 radical (unpaired) electrons. The van der Waals surface area contributed by atoms with E-state index in [1.807, 2.05) is 18.2 Å². The number of aromatic nitrogens is 1. The summed E-state index contributed by atoms with van der Waals surface area (Å²) < 4.78 is 0. The van der Waals surface area contributed by atoms with Gasteiger partial charge in [0.1, 0.15) is 5.75 Å². The first-order valence-corrected chi connectivity index (χ1v) is 4.02. The van der Waals surface area contributed by atoms with Gasteiger partial charge in [-0.15, -0.1) is 0 Å². The van der Waals surface area contributed by atoms with Crippen molar-refractivity contribution in [3.05, 3.63) is 42.6 Å². The van der Waals surface area contributed by atoms with E-state index < -0.39 is 0 Å². The predicted octanol–water partition coefficient (Wildman–Crippen LogP) is 2.58. The van der Waals surface area contributed by atoms with Crippen molar-refractivity contribution in [1.29, 1.82) is 0 Å². The molecule has 0 bridgehead atoms. The Hall–Kier alpha value is -1.83. The number of phenolic OH excluding ortho intramolecular Hbond substituents is 1. The van der Waals surface area contributed by atoms with Crippen molar-refractivity contribution in [3.63, 3.8) is 0 Å². The zero-order valence-electron chi connectivity index (χ0n) is 7.07. The van der Waals surface area contributed by atoms with Gasteiger partial charge in [0, 0.05) is 5.39 Å². The molecular weight excluding hydrogens is 162 g/mol. The summed E-state index contributed by atoms with van der Waals surface area (Å²) in [4.78, 5) is 4.28. The monoisotopic (exact) mass is 171 g/mol. The normalized spacial score (nSPS) is 10.2. The maximum absolute atomic E-state index is 9.47. The van der Waals surface area contributed by atoms with Crippen LogP contribution >= 0.6 is 0 Å². The molecule has 0 aliphatic rings. The molecule has 2 rings (SSSR count). The smallest absolute Gasteiger partial charge is 0.124 e. The highest BCUT2D eigenvalue weighted by Crippen LogP contribution is 2.22. The molecule has 1 aromatic carbocycles. The molecule has 0 amide bonds. The summed E-state index contributed by atoms with van der Waals surface area (Å²) in [5.74, 6) is 0.264. The zero-order valence-corrected chi connectivity index (χ0v) is 7.07. The van der Waals surface area contributed by atoms with Crippen molar-refractivity contribution < 1.29 is 5.11 Å². The molecule has 2 nitrogen and oxygen atoms in total. The Balaban J connectivity index is 2.79. The van der Waals surface area contributed by atoms with Crippen molar-refractivity contribution in [2.45, 2.75) is 0 Å². The lowest BCUT2D eigenvalue weighted by Gasteiger charge is -2.00. The standard InChI is InChI=1S/C11H9NO/c1-2-8-6-7-9-10(12-8)4-3-5-11(9)13/h2-7,13H,1H2. The third kappa shape index (κ3) is 1.26. The summed E-state index contributed by atoms with van der Waals surface area (Å²) in [6.07, 6.45) is 1.68. The van der Waals surface area contributed by atoms with Crippen LogP contribution in [0.5, 0.6) is 5.75 Å². The quantitative estimate of drug-likeness (QED) is 0.715. The molecular formula is C11H9NO. The number of hydrogen-bond donors (Lipinski definition) is 1. The summed E-state index contributed by atoms with van der Waals surface area (Å²) in [7, 11) is 0. The van der Waals surface area contributed by atoms with E-state index in [0.29, 0.717) is 0 Å². The van der Waals surface area contributed by atoms with Crippen LogP contribution in [0.4, 0.5) is 0 Å². The number of nitrogens with zero attached hydrogens (tertiary/aromatic N) is 1. The highest BCUT2D eigenvalue weighted by Gasteiger charge is 1.99. The van der Waals surface area contributed by atoms with Gasteiger partial charge in [0.05, 0.1) is 11.2 Å². The summed E-state index contributed by atoms with van der Waals surface area (Å²) in [5, 5.41) is 10.2. The summed E-state index contributed by atoms with van der Waals surface area (Å²) >= 11 is 0. The first-order chi connectivity index (χ1) is 6.31. The molecule has 2 heteroatoms. The SMILES string of the molecule is C=Cc1ccc2c(O)cccc2n1. The van der Waals surface area contributed by atoms with Gasteiger partial charge in [0.25, 0.3) is 0 Å². The molecule has 0 atom stereocenters. The third-order valence-corrected chi connectivity index (χ3v) is 1.94. The Morgan fingerprint density at radius 1 is 1.23 bits per heavy atom. The molecule has 1 heterocycles. The topological polar surface area (TPSA) is 33.1 Å². The van der Waals surface area contributed by atoms with Gasteiger partial charge in [0.2, 0.25) is 0 Å². The fraction of sp³-hybridized carbons (Fsp3) is 0. The average molecular weight is 171 g/mol. The highest BCUT2D eigenvalue weighted by atomic mass is 16.3. The Labute approximate surface area is 76.2 Å². The number of fused-ring (bicyclic) bond motifs is 1. The molecule has 64 valence electrons. The number of phenols is 1. The summed E-state index contributed by atoms with van der Waals surface area (Å²) in [6.45, 7) is 3.64. The number of benzene rings is 1. The van der Waals surface area contributed by atoms with Gasteiger partial charge >= 0.3 is 0 Å². The van der Waals surface area contributed by atoms with E-state index >= 15 is 0 Å². The van der Waals surface area contributed by atoms with Gasteiger partial charge in [-0.1, -0.05) is 12.6 Å². The van der Waals surface area contributed by atoms with Crippen molar-refractivity contribution in [2.75, 3.05) is 0 Å². The lowest BCUT2D eigenvalue weighted by atomic mass is 10.2. The molecule has 0 saturated carbocycles. The first kappa shape index (κ1) is 7.80. The van der Waals surface area contributed by atoms with Crippen LogP contribution in [-0.2, 0) is 0 Å². The van der Waals surface area contributed by atoms with E-state index in [2.05, 4.69) is 11.6 Å². The molecule has 13 heavy (non-hydrogen) atoms. The molecule has 0 fully saturated rings. The largest absolute Gasteiger partial charge is 0.507 e. The maximum Gasteiger partial charge on any atom is 0.124 e. The van der Waals surface area contributed by atoms with Crippen molar-refractivity contribution in [2.24, 2.45) is 0 Å². The minimum atomic E-state index is 0.264.